The summed E-state index contributed by atoms with van der Waals surface area (Å²) in [7, 11) is 1.99. The van der Waals surface area contributed by atoms with E-state index in [2.05, 4.69) is 48.2 Å². The van der Waals surface area contributed by atoms with Crippen molar-refractivity contribution in [2.75, 3.05) is 7.05 Å². The number of halogens is 2. The monoisotopic (exact) mass is 380 g/mol. The molecule has 0 bridgehead atoms. The highest BCUT2D eigenvalue weighted by Crippen LogP contribution is 2.36. The molecule has 0 amide bonds. The van der Waals surface area contributed by atoms with Gasteiger partial charge in [0.1, 0.15) is 0 Å². The zero-order valence-electron chi connectivity index (χ0n) is 8.54. The van der Waals surface area contributed by atoms with Gasteiger partial charge < -0.3 is 5.32 Å². The summed E-state index contributed by atoms with van der Waals surface area (Å²) in [6.07, 6.45) is 2.92. The third-order valence-corrected chi connectivity index (χ3v) is 6.42. The van der Waals surface area contributed by atoms with Crippen LogP contribution in [0.3, 0.4) is 0 Å². The van der Waals surface area contributed by atoms with E-state index in [-0.39, 0.29) is 0 Å². The van der Waals surface area contributed by atoms with Crippen molar-refractivity contribution in [3.8, 4) is 0 Å². The van der Waals surface area contributed by atoms with Gasteiger partial charge in [-0.1, -0.05) is 0 Å². The summed E-state index contributed by atoms with van der Waals surface area (Å²) in [6, 6.07) is 2.52. The van der Waals surface area contributed by atoms with Crippen molar-refractivity contribution >= 4 is 54.5 Å². The van der Waals surface area contributed by atoms with Gasteiger partial charge >= 0.3 is 0 Å². The summed E-state index contributed by atoms with van der Waals surface area (Å²) in [5.41, 5.74) is 1.88. The lowest BCUT2D eigenvalue weighted by molar-refractivity contribution is 0.606. The number of hydrogen-bond donors (Lipinski definition) is 1. The first-order valence-corrected chi connectivity index (χ1v) is 7.98. The molecule has 1 unspecified atom stereocenters. The molecule has 16 heavy (non-hydrogen) atoms. The Morgan fingerprint density at radius 2 is 2.31 bits per heavy atom. The van der Waals surface area contributed by atoms with Crippen LogP contribution in [0.15, 0.2) is 26.0 Å². The highest BCUT2D eigenvalue weighted by Gasteiger charge is 2.15. The van der Waals surface area contributed by atoms with Crippen LogP contribution < -0.4 is 5.32 Å². The second-order valence-corrected chi connectivity index (χ2v) is 7.51. The second kappa shape index (κ2) is 5.73. The molecule has 1 N–H and O–H groups in total. The van der Waals surface area contributed by atoms with E-state index >= 15 is 0 Å². The molecule has 2 rings (SSSR count). The van der Waals surface area contributed by atoms with Crippen molar-refractivity contribution < 1.29 is 0 Å². The molecule has 6 heteroatoms. The molecule has 0 radical (unpaired) electrons. The van der Waals surface area contributed by atoms with Crippen molar-refractivity contribution in [2.45, 2.75) is 12.5 Å². The first-order chi connectivity index (χ1) is 7.70. The van der Waals surface area contributed by atoms with E-state index in [1.54, 1.807) is 22.7 Å². The number of rotatable bonds is 4. The Morgan fingerprint density at radius 3 is 2.81 bits per heavy atom. The maximum atomic E-state index is 4.10. The fourth-order valence-electron chi connectivity index (χ4n) is 1.42. The van der Waals surface area contributed by atoms with Gasteiger partial charge in [-0.25, -0.2) is 0 Å². The van der Waals surface area contributed by atoms with E-state index in [1.165, 1.54) is 9.75 Å². The average Bonchev–Trinajstić information content (AvgIpc) is 2.86. The van der Waals surface area contributed by atoms with Gasteiger partial charge in [0.15, 0.2) is 0 Å². The largest absolute Gasteiger partial charge is 0.312 e. The Labute approximate surface area is 119 Å². The number of hydrogen-bond acceptors (Lipinski definition) is 4. The van der Waals surface area contributed by atoms with Crippen LogP contribution in [0.5, 0.6) is 0 Å². The molecule has 0 fully saturated rings. The zero-order chi connectivity index (χ0) is 11.5. The highest BCUT2D eigenvalue weighted by atomic mass is 79.9. The van der Waals surface area contributed by atoms with E-state index in [9.17, 15) is 0 Å². The standard InChI is InChI=1S/C10H10Br2N2S2/c1-13-8(2-6-4-14-5-15-6)9-3-7(11)10(12)16-9/h3-5,8,13H,2H2,1H3. The predicted octanol–water partition coefficient (Wildman–Crippen LogP) is 4.23. The molecule has 2 aromatic heterocycles. The van der Waals surface area contributed by atoms with Crippen LogP contribution >= 0.6 is 54.5 Å². The van der Waals surface area contributed by atoms with Gasteiger partial charge in [-0.2, -0.15) is 0 Å². The van der Waals surface area contributed by atoms with Crippen LogP contribution in [0, 0.1) is 0 Å². The summed E-state index contributed by atoms with van der Waals surface area (Å²) < 4.78 is 2.27. The summed E-state index contributed by atoms with van der Waals surface area (Å²) in [4.78, 5) is 6.74. The normalized spacial score (nSPS) is 12.9. The SMILES string of the molecule is CNC(Cc1cncs1)c1cc(Br)c(Br)s1. The first kappa shape index (κ1) is 12.7. The zero-order valence-corrected chi connectivity index (χ0v) is 13.3. The maximum absolute atomic E-state index is 4.10. The molecule has 0 aliphatic heterocycles. The minimum atomic E-state index is 0.355. The molecule has 0 saturated carbocycles. The lowest BCUT2D eigenvalue weighted by Crippen LogP contribution is -2.17. The Hall–Kier alpha value is 0.250. The van der Waals surface area contributed by atoms with Crippen LogP contribution in [-0.4, -0.2) is 12.0 Å². The van der Waals surface area contributed by atoms with E-state index in [0.717, 1.165) is 14.7 Å². The summed E-state index contributed by atoms with van der Waals surface area (Å²) in [6.45, 7) is 0. The fraction of sp³-hybridized carbons (Fsp3) is 0.300. The Bertz CT molecular complexity index is 434. The molecule has 0 aliphatic rings. The Balaban J connectivity index is 2.16. The highest BCUT2D eigenvalue weighted by molar-refractivity contribution is 9.13. The van der Waals surface area contributed by atoms with Crippen molar-refractivity contribution in [1.82, 2.24) is 10.3 Å². The molecule has 2 heterocycles. The van der Waals surface area contributed by atoms with Crippen LogP contribution in [0.25, 0.3) is 0 Å². The van der Waals surface area contributed by atoms with Crippen molar-refractivity contribution in [2.24, 2.45) is 0 Å². The smallest absolute Gasteiger partial charge is 0.0843 e. The molecule has 0 aromatic carbocycles. The van der Waals surface area contributed by atoms with Crippen LogP contribution in [0.1, 0.15) is 15.8 Å². The second-order valence-electron chi connectivity index (χ2n) is 3.28. The molecular weight excluding hydrogens is 372 g/mol. The average molecular weight is 382 g/mol. The Morgan fingerprint density at radius 1 is 1.50 bits per heavy atom. The van der Waals surface area contributed by atoms with Gasteiger partial charge in [0.2, 0.25) is 0 Å². The number of thiophene rings is 1. The minimum Gasteiger partial charge on any atom is -0.312 e. The summed E-state index contributed by atoms with van der Waals surface area (Å²) in [5.74, 6) is 0. The predicted molar refractivity (Wildman–Crippen MR) is 77.3 cm³/mol. The van der Waals surface area contributed by atoms with Crippen molar-refractivity contribution in [3.05, 3.63) is 35.8 Å². The number of thiazole rings is 1. The molecule has 0 saturated heterocycles. The molecule has 0 aliphatic carbocycles. The van der Waals surface area contributed by atoms with Gasteiger partial charge in [-0.15, -0.1) is 22.7 Å². The van der Waals surface area contributed by atoms with E-state index in [1.807, 2.05) is 18.8 Å². The van der Waals surface area contributed by atoms with Gasteiger partial charge in [0, 0.05) is 32.9 Å². The van der Waals surface area contributed by atoms with Crippen LogP contribution in [-0.2, 0) is 6.42 Å². The number of likely N-dealkylation sites (N-methyl/N-ethyl adjacent to an activating group) is 1. The van der Waals surface area contributed by atoms with Gasteiger partial charge in [-0.05, 0) is 45.0 Å². The summed E-state index contributed by atoms with van der Waals surface area (Å²) in [5, 5.41) is 3.34. The number of nitrogens with zero attached hydrogens (tertiary/aromatic N) is 1. The first-order valence-electron chi connectivity index (χ1n) is 4.70. The number of nitrogens with one attached hydrogen (secondary N) is 1. The lowest BCUT2D eigenvalue weighted by Gasteiger charge is -2.12. The molecule has 2 aromatic rings. The number of aromatic nitrogens is 1. The third-order valence-electron chi connectivity index (χ3n) is 2.24. The molecule has 0 spiro atoms. The molecule has 1 atom stereocenters. The fourth-order valence-corrected chi connectivity index (χ4v) is 4.27. The lowest BCUT2D eigenvalue weighted by atomic mass is 10.1. The summed E-state index contributed by atoms with van der Waals surface area (Å²) >= 11 is 10.5. The van der Waals surface area contributed by atoms with Crippen LogP contribution in [0.2, 0.25) is 0 Å². The van der Waals surface area contributed by atoms with Gasteiger partial charge in [0.25, 0.3) is 0 Å². The van der Waals surface area contributed by atoms with E-state index in [0.29, 0.717) is 6.04 Å². The van der Waals surface area contributed by atoms with E-state index < -0.39 is 0 Å². The topological polar surface area (TPSA) is 24.9 Å². The molecular formula is C10H10Br2N2S2. The molecule has 86 valence electrons. The Kier molecular flexibility index (Phi) is 4.55. The third kappa shape index (κ3) is 2.92. The molecule has 2 nitrogen and oxygen atoms in total. The quantitative estimate of drug-likeness (QED) is 0.856. The minimum absolute atomic E-state index is 0.355. The van der Waals surface area contributed by atoms with Crippen molar-refractivity contribution in [1.29, 1.82) is 0 Å². The van der Waals surface area contributed by atoms with E-state index in [4.69, 9.17) is 0 Å². The van der Waals surface area contributed by atoms with Crippen molar-refractivity contribution in [3.63, 3.8) is 0 Å². The van der Waals surface area contributed by atoms with Crippen LogP contribution in [0.4, 0.5) is 0 Å². The van der Waals surface area contributed by atoms with Gasteiger partial charge in [0.05, 0.1) is 9.30 Å². The maximum Gasteiger partial charge on any atom is 0.0843 e. The van der Waals surface area contributed by atoms with Gasteiger partial charge in [-0.3, -0.25) is 4.98 Å².